The molecule has 0 radical (unpaired) electrons. The van der Waals surface area contributed by atoms with Crippen LogP contribution in [0.5, 0.6) is 0 Å². The van der Waals surface area contributed by atoms with Gasteiger partial charge in [-0.3, -0.25) is 0 Å². The maximum atomic E-state index is 11.6. The minimum Gasteiger partial charge on any atom is -0.444 e. The number of alkyl carbamates (subject to hydrolysis) is 1. The molecule has 132 valence electrons. The molecule has 23 heavy (non-hydrogen) atoms. The Labute approximate surface area is 137 Å². The van der Waals surface area contributed by atoms with Gasteiger partial charge in [-0.05, 0) is 33.6 Å². The molecule has 1 heterocycles. The first-order chi connectivity index (χ1) is 10.8. The van der Waals surface area contributed by atoms with Crippen LogP contribution >= 0.6 is 0 Å². The third-order valence-corrected chi connectivity index (χ3v) is 3.12. The van der Waals surface area contributed by atoms with E-state index in [4.69, 9.17) is 9.47 Å². The Morgan fingerprint density at radius 2 is 2.17 bits per heavy atom. The SMILES string of the molecule is COCC(CCCNC(=O)OC(C)(C)C)NCc1nncn1C. The van der Waals surface area contributed by atoms with E-state index in [1.165, 1.54) is 0 Å². The molecule has 1 amide bonds. The molecule has 1 aromatic rings. The van der Waals surface area contributed by atoms with E-state index in [1.807, 2.05) is 32.4 Å². The Balaban J connectivity index is 2.25. The predicted octanol–water partition coefficient (Wildman–Crippen LogP) is 1.22. The molecule has 0 aliphatic heterocycles. The Hall–Kier alpha value is -1.67. The number of aryl methyl sites for hydroxylation is 1. The van der Waals surface area contributed by atoms with Crippen LogP contribution in [0.2, 0.25) is 0 Å². The molecule has 0 aliphatic rings. The summed E-state index contributed by atoms with van der Waals surface area (Å²) in [5.41, 5.74) is -0.472. The van der Waals surface area contributed by atoms with Crippen LogP contribution < -0.4 is 10.6 Å². The van der Waals surface area contributed by atoms with Gasteiger partial charge in [-0.2, -0.15) is 0 Å². The van der Waals surface area contributed by atoms with Crippen molar-refractivity contribution in [3.8, 4) is 0 Å². The van der Waals surface area contributed by atoms with Crippen LogP contribution in [0.1, 0.15) is 39.4 Å². The van der Waals surface area contributed by atoms with Crippen molar-refractivity contribution in [2.24, 2.45) is 7.05 Å². The minimum atomic E-state index is -0.472. The molecule has 0 aromatic carbocycles. The van der Waals surface area contributed by atoms with Gasteiger partial charge in [0.1, 0.15) is 17.8 Å². The monoisotopic (exact) mass is 327 g/mol. The Morgan fingerprint density at radius 1 is 1.43 bits per heavy atom. The van der Waals surface area contributed by atoms with Gasteiger partial charge >= 0.3 is 6.09 Å². The van der Waals surface area contributed by atoms with E-state index in [0.29, 0.717) is 19.7 Å². The summed E-state index contributed by atoms with van der Waals surface area (Å²) in [6.07, 6.45) is 3.00. The van der Waals surface area contributed by atoms with Crippen LogP contribution in [-0.4, -0.2) is 52.8 Å². The number of amides is 1. The van der Waals surface area contributed by atoms with E-state index in [-0.39, 0.29) is 12.1 Å². The van der Waals surface area contributed by atoms with E-state index in [1.54, 1.807) is 13.4 Å². The number of hydrogen-bond acceptors (Lipinski definition) is 6. The van der Waals surface area contributed by atoms with Crippen molar-refractivity contribution < 1.29 is 14.3 Å². The van der Waals surface area contributed by atoms with Crippen LogP contribution in [0, 0.1) is 0 Å². The maximum Gasteiger partial charge on any atom is 0.407 e. The zero-order valence-electron chi connectivity index (χ0n) is 14.8. The van der Waals surface area contributed by atoms with Crippen molar-refractivity contribution >= 4 is 6.09 Å². The Morgan fingerprint density at radius 3 is 2.74 bits per heavy atom. The summed E-state index contributed by atoms with van der Waals surface area (Å²) in [6, 6.07) is 0.192. The number of carbonyl (C=O) groups is 1. The topological polar surface area (TPSA) is 90.3 Å². The van der Waals surface area contributed by atoms with Gasteiger partial charge in [0, 0.05) is 26.7 Å². The molecule has 8 nitrogen and oxygen atoms in total. The number of ether oxygens (including phenoxy) is 2. The van der Waals surface area contributed by atoms with Crippen LogP contribution in [0.3, 0.4) is 0 Å². The van der Waals surface area contributed by atoms with Crippen LogP contribution in [0.4, 0.5) is 4.79 Å². The molecule has 0 fully saturated rings. The molecule has 0 spiro atoms. The summed E-state index contributed by atoms with van der Waals surface area (Å²) in [6.45, 7) is 7.34. The van der Waals surface area contributed by atoms with E-state index in [9.17, 15) is 4.79 Å². The summed E-state index contributed by atoms with van der Waals surface area (Å²) < 4.78 is 12.3. The highest BCUT2D eigenvalue weighted by Crippen LogP contribution is 2.06. The number of rotatable bonds is 9. The van der Waals surface area contributed by atoms with Crippen LogP contribution in [-0.2, 0) is 23.1 Å². The number of nitrogens with one attached hydrogen (secondary N) is 2. The van der Waals surface area contributed by atoms with Gasteiger partial charge in [-0.1, -0.05) is 0 Å². The van der Waals surface area contributed by atoms with Crippen molar-refractivity contribution in [2.45, 2.75) is 51.8 Å². The zero-order chi connectivity index (χ0) is 17.3. The van der Waals surface area contributed by atoms with E-state index >= 15 is 0 Å². The lowest BCUT2D eigenvalue weighted by Crippen LogP contribution is -2.36. The fourth-order valence-electron chi connectivity index (χ4n) is 2.00. The quantitative estimate of drug-likeness (QED) is 0.663. The third kappa shape index (κ3) is 8.51. The second kappa shape index (κ2) is 9.46. The smallest absolute Gasteiger partial charge is 0.407 e. The Kier molecular flexibility index (Phi) is 7.97. The molecule has 0 saturated carbocycles. The van der Waals surface area contributed by atoms with Crippen LogP contribution in [0.15, 0.2) is 6.33 Å². The van der Waals surface area contributed by atoms with Gasteiger partial charge in [0.15, 0.2) is 0 Å². The predicted molar refractivity (Wildman–Crippen MR) is 87.0 cm³/mol. The van der Waals surface area contributed by atoms with E-state index in [0.717, 1.165) is 18.7 Å². The van der Waals surface area contributed by atoms with Crippen molar-refractivity contribution in [2.75, 3.05) is 20.3 Å². The number of methoxy groups -OCH3 is 1. The van der Waals surface area contributed by atoms with Crippen molar-refractivity contribution in [1.29, 1.82) is 0 Å². The standard InChI is InChI=1S/C15H29N5O3/c1-15(2,3)23-14(21)16-8-6-7-12(10-22-5)17-9-13-19-18-11-20(13)4/h11-12,17H,6-10H2,1-5H3,(H,16,21). The molecule has 8 heteroatoms. The van der Waals surface area contributed by atoms with Crippen LogP contribution in [0.25, 0.3) is 0 Å². The molecule has 0 aliphatic carbocycles. The van der Waals surface area contributed by atoms with E-state index < -0.39 is 5.60 Å². The highest BCUT2D eigenvalue weighted by atomic mass is 16.6. The summed E-state index contributed by atoms with van der Waals surface area (Å²) in [5.74, 6) is 0.873. The number of nitrogens with zero attached hydrogens (tertiary/aromatic N) is 3. The first kappa shape index (κ1) is 19.4. The lowest BCUT2D eigenvalue weighted by molar-refractivity contribution is 0.0526. The molecule has 1 rings (SSSR count). The minimum absolute atomic E-state index is 0.192. The molecule has 1 aromatic heterocycles. The second-order valence-electron chi connectivity index (χ2n) is 6.46. The van der Waals surface area contributed by atoms with Gasteiger partial charge in [-0.15, -0.1) is 10.2 Å². The summed E-state index contributed by atoms with van der Waals surface area (Å²) in [5, 5.41) is 14.0. The van der Waals surface area contributed by atoms with Gasteiger partial charge in [0.2, 0.25) is 0 Å². The van der Waals surface area contributed by atoms with E-state index in [2.05, 4.69) is 20.8 Å². The maximum absolute atomic E-state index is 11.6. The average Bonchev–Trinajstić information content (AvgIpc) is 2.84. The van der Waals surface area contributed by atoms with Gasteiger partial charge in [0.25, 0.3) is 0 Å². The first-order valence-corrected chi connectivity index (χ1v) is 7.84. The largest absolute Gasteiger partial charge is 0.444 e. The fourth-order valence-corrected chi connectivity index (χ4v) is 2.00. The summed E-state index contributed by atoms with van der Waals surface area (Å²) >= 11 is 0. The third-order valence-electron chi connectivity index (χ3n) is 3.12. The second-order valence-corrected chi connectivity index (χ2v) is 6.46. The molecular weight excluding hydrogens is 298 g/mol. The van der Waals surface area contributed by atoms with Crippen molar-refractivity contribution in [1.82, 2.24) is 25.4 Å². The highest BCUT2D eigenvalue weighted by Gasteiger charge is 2.16. The Bertz CT molecular complexity index is 470. The molecule has 0 bridgehead atoms. The van der Waals surface area contributed by atoms with Gasteiger partial charge in [0.05, 0.1) is 13.2 Å². The van der Waals surface area contributed by atoms with Crippen molar-refractivity contribution in [3.63, 3.8) is 0 Å². The molecule has 1 unspecified atom stereocenters. The molecule has 0 saturated heterocycles. The molecule has 1 atom stereocenters. The first-order valence-electron chi connectivity index (χ1n) is 7.84. The van der Waals surface area contributed by atoms with Gasteiger partial charge < -0.3 is 24.7 Å². The lowest BCUT2D eigenvalue weighted by Gasteiger charge is -2.20. The highest BCUT2D eigenvalue weighted by molar-refractivity contribution is 5.67. The summed E-state index contributed by atoms with van der Waals surface area (Å²) in [7, 11) is 3.59. The zero-order valence-corrected chi connectivity index (χ0v) is 14.8. The molecule has 2 N–H and O–H groups in total. The number of hydrogen-bond donors (Lipinski definition) is 2. The average molecular weight is 327 g/mol. The normalized spacial score (nSPS) is 12.9. The lowest BCUT2D eigenvalue weighted by atomic mass is 10.1. The fraction of sp³-hybridized carbons (Fsp3) is 0.800. The van der Waals surface area contributed by atoms with Gasteiger partial charge in [-0.25, -0.2) is 4.79 Å². The number of carbonyl (C=O) groups excluding carboxylic acids is 1. The summed E-state index contributed by atoms with van der Waals surface area (Å²) in [4.78, 5) is 11.6. The van der Waals surface area contributed by atoms with Crippen molar-refractivity contribution in [3.05, 3.63) is 12.2 Å². The number of aromatic nitrogens is 3. The molecular formula is C15H29N5O3.